The average molecular weight is 429 g/mol. The summed E-state index contributed by atoms with van der Waals surface area (Å²) in [6.45, 7) is 6.61. The molecule has 1 aliphatic heterocycles. The van der Waals surface area contributed by atoms with E-state index >= 15 is 0 Å². The van der Waals surface area contributed by atoms with Gasteiger partial charge >= 0.3 is 5.97 Å². The smallest absolute Gasteiger partial charge is 0.340 e. The van der Waals surface area contributed by atoms with Crippen molar-refractivity contribution in [3.8, 4) is 0 Å². The molecule has 31 heavy (non-hydrogen) atoms. The number of carbonyl (C=O) groups excluding carboxylic acids is 3. The molecule has 1 aromatic heterocycles. The maximum absolute atomic E-state index is 13.1. The Labute approximate surface area is 181 Å². The normalized spacial score (nSPS) is 16.1. The van der Waals surface area contributed by atoms with Gasteiger partial charge in [-0.15, -0.1) is 0 Å². The highest BCUT2D eigenvalue weighted by Crippen LogP contribution is 2.24. The molecule has 0 saturated carbocycles. The van der Waals surface area contributed by atoms with Crippen LogP contribution in [-0.4, -0.2) is 47.4 Å². The Bertz CT molecular complexity index is 968. The number of halogens is 1. The number of H-pyrrole nitrogens is 1. The molecule has 2 aromatic rings. The van der Waals surface area contributed by atoms with Crippen LogP contribution in [-0.2, 0) is 16.1 Å². The van der Waals surface area contributed by atoms with Gasteiger partial charge in [0.1, 0.15) is 11.5 Å². The van der Waals surface area contributed by atoms with Crippen LogP contribution in [0.1, 0.15) is 57.4 Å². The van der Waals surface area contributed by atoms with E-state index in [0.717, 1.165) is 5.56 Å². The summed E-state index contributed by atoms with van der Waals surface area (Å²) in [5, 5.41) is 2.87. The fraction of sp³-hybridized carbons (Fsp3) is 0.435. The zero-order chi connectivity index (χ0) is 22.5. The van der Waals surface area contributed by atoms with Crippen molar-refractivity contribution < 1.29 is 23.5 Å². The van der Waals surface area contributed by atoms with Gasteiger partial charge in [0.25, 0.3) is 5.91 Å². The summed E-state index contributed by atoms with van der Waals surface area (Å²) in [6, 6.07) is 5.97. The lowest BCUT2D eigenvalue weighted by Gasteiger charge is -2.32. The predicted octanol–water partition coefficient (Wildman–Crippen LogP) is 3.12. The fourth-order valence-electron chi connectivity index (χ4n) is 3.94. The largest absolute Gasteiger partial charge is 0.462 e. The van der Waals surface area contributed by atoms with Gasteiger partial charge in [-0.25, -0.2) is 9.18 Å². The van der Waals surface area contributed by atoms with Crippen LogP contribution in [0.25, 0.3) is 0 Å². The molecule has 1 aromatic carbocycles. The summed E-state index contributed by atoms with van der Waals surface area (Å²) in [5.41, 5.74) is 2.69. The molecular formula is C23H28FN3O4. The number of piperidine rings is 1. The van der Waals surface area contributed by atoms with Crippen molar-refractivity contribution >= 4 is 17.8 Å². The van der Waals surface area contributed by atoms with Crippen molar-refractivity contribution in [1.82, 2.24) is 15.2 Å². The number of esters is 1. The van der Waals surface area contributed by atoms with Gasteiger partial charge in [0.2, 0.25) is 5.91 Å². The molecule has 1 aliphatic rings. The third-order valence-electron chi connectivity index (χ3n) is 5.59. The number of aromatic amines is 1. The third-order valence-corrected chi connectivity index (χ3v) is 5.59. The van der Waals surface area contributed by atoms with Crippen LogP contribution in [0.4, 0.5) is 4.39 Å². The number of nitrogens with one attached hydrogen (secondary N) is 2. The molecule has 1 saturated heterocycles. The number of benzene rings is 1. The first-order valence-electron chi connectivity index (χ1n) is 10.5. The van der Waals surface area contributed by atoms with Gasteiger partial charge in [-0.05, 0) is 56.9 Å². The summed E-state index contributed by atoms with van der Waals surface area (Å²) in [5.74, 6) is -1.46. The second-order valence-corrected chi connectivity index (χ2v) is 7.78. The molecule has 0 bridgehead atoms. The molecule has 2 heterocycles. The topological polar surface area (TPSA) is 91.5 Å². The van der Waals surface area contributed by atoms with E-state index in [4.69, 9.17) is 4.74 Å². The number of likely N-dealkylation sites (tertiary alicyclic amines) is 1. The number of nitrogens with zero attached hydrogens (tertiary/aromatic N) is 1. The van der Waals surface area contributed by atoms with Crippen LogP contribution in [0.5, 0.6) is 0 Å². The molecule has 1 fully saturated rings. The second-order valence-electron chi connectivity index (χ2n) is 7.78. The van der Waals surface area contributed by atoms with E-state index < -0.39 is 5.97 Å². The van der Waals surface area contributed by atoms with Gasteiger partial charge < -0.3 is 19.9 Å². The monoisotopic (exact) mass is 429 g/mol. The van der Waals surface area contributed by atoms with Gasteiger partial charge in [0.15, 0.2) is 0 Å². The Hall–Kier alpha value is -3.16. The highest BCUT2D eigenvalue weighted by molar-refractivity contribution is 6.00. The Balaban J connectivity index is 1.65. The van der Waals surface area contributed by atoms with Crippen LogP contribution < -0.4 is 5.32 Å². The van der Waals surface area contributed by atoms with Crippen molar-refractivity contribution in [3.05, 3.63) is 58.2 Å². The van der Waals surface area contributed by atoms with Gasteiger partial charge in [0, 0.05) is 25.3 Å². The summed E-state index contributed by atoms with van der Waals surface area (Å²) >= 11 is 0. The number of amides is 2. The van der Waals surface area contributed by atoms with Gasteiger partial charge in [-0.2, -0.15) is 0 Å². The molecule has 0 aliphatic carbocycles. The molecule has 7 nitrogen and oxygen atoms in total. The first-order valence-corrected chi connectivity index (χ1v) is 10.5. The fourth-order valence-corrected chi connectivity index (χ4v) is 3.94. The number of hydrogen-bond donors (Lipinski definition) is 2. The predicted molar refractivity (Wildman–Crippen MR) is 113 cm³/mol. The average Bonchev–Trinajstić information content (AvgIpc) is 3.06. The van der Waals surface area contributed by atoms with Crippen LogP contribution in [0, 0.1) is 25.6 Å². The number of hydrogen-bond acceptors (Lipinski definition) is 4. The number of rotatable bonds is 6. The molecule has 3 rings (SSSR count). The van der Waals surface area contributed by atoms with E-state index in [1.807, 2.05) is 0 Å². The highest BCUT2D eigenvalue weighted by Gasteiger charge is 2.31. The Morgan fingerprint density at radius 2 is 1.94 bits per heavy atom. The number of ether oxygens (including phenoxy) is 1. The maximum Gasteiger partial charge on any atom is 0.340 e. The number of carbonyl (C=O) groups is 3. The van der Waals surface area contributed by atoms with Crippen LogP contribution in [0.3, 0.4) is 0 Å². The molecule has 8 heteroatoms. The zero-order valence-electron chi connectivity index (χ0n) is 18.1. The van der Waals surface area contributed by atoms with Gasteiger partial charge in [-0.1, -0.05) is 12.1 Å². The molecule has 0 unspecified atom stereocenters. The van der Waals surface area contributed by atoms with Crippen molar-refractivity contribution in [2.24, 2.45) is 5.92 Å². The molecule has 166 valence electrons. The van der Waals surface area contributed by atoms with Crippen LogP contribution in [0.15, 0.2) is 24.3 Å². The lowest BCUT2D eigenvalue weighted by atomic mass is 9.96. The quantitative estimate of drug-likeness (QED) is 0.691. The van der Waals surface area contributed by atoms with Crippen molar-refractivity contribution in [3.63, 3.8) is 0 Å². The van der Waals surface area contributed by atoms with Crippen molar-refractivity contribution in [2.75, 3.05) is 19.7 Å². The van der Waals surface area contributed by atoms with E-state index in [9.17, 15) is 18.8 Å². The van der Waals surface area contributed by atoms with E-state index in [-0.39, 0.29) is 30.2 Å². The Morgan fingerprint density at radius 3 is 2.61 bits per heavy atom. The minimum atomic E-state index is -0.454. The third kappa shape index (κ3) is 5.13. The minimum Gasteiger partial charge on any atom is -0.462 e. The van der Waals surface area contributed by atoms with Crippen LogP contribution >= 0.6 is 0 Å². The number of aromatic nitrogens is 1. The van der Waals surface area contributed by atoms with E-state index in [1.165, 1.54) is 12.1 Å². The first kappa shape index (κ1) is 22.5. The Morgan fingerprint density at radius 1 is 1.23 bits per heavy atom. The van der Waals surface area contributed by atoms with Crippen LogP contribution in [0.2, 0.25) is 0 Å². The molecule has 2 amide bonds. The zero-order valence-corrected chi connectivity index (χ0v) is 18.1. The van der Waals surface area contributed by atoms with Crippen molar-refractivity contribution in [2.45, 2.75) is 40.2 Å². The summed E-state index contributed by atoms with van der Waals surface area (Å²) in [6.07, 6.45) is 1.40. The SMILES string of the molecule is CCOC(=O)c1c(C)[nH]c(C(=O)N2CCC[C@H](C(=O)NCc3ccc(F)cc3)C2)c1C. The maximum atomic E-state index is 13.1. The standard InChI is InChI=1S/C23H28FN3O4/c1-4-31-23(30)19-14(2)20(26-15(19)3)22(29)27-11-5-6-17(13-27)21(28)25-12-16-7-9-18(24)10-8-16/h7-10,17,26H,4-6,11-13H2,1-3H3,(H,25,28)/t17-/m0/s1. The minimum absolute atomic E-state index is 0.131. The summed E-state index contributed by atoms with van der Waals surface area (Å²) < 4.78 is 18.1. The number of aryl methyl sites for hydroxylation is 1. The lowest BCUT2D eigenvalue weighted by molar-refractivity contribution is -0.126. The van der Waals surface area contributed by atoms with E-state index in [2.05, 4.69) is 10.3 Å². The molecular weight excluding hydrogens is 401 g/mol. The molecule has 1 atom stereocenters. The van der Waals surface area contributed by atoms with E-state index in [0.29, 0.717) is 55.0 Å². The van der Waals surface area contributed by atoms with Gasteiger partial charge in [0.05, 0.1) is 18.1 Å². The first-order chi connectivity index (χ1) is 14.8. The molecule has 2 N–H and O–H groups in total. The molecule has 0 radical (unpaired) electrons. The van der Waals surface area contributed by atoms with Gasteiger partial charge in [-0.3, -0.25) is 9.59 Å². The van der Waals surface area contributed by atoms with Crippen molar-refractivity contribution in [1.29, 1.82) is 0 Å². The summed E-state index contributed by atoms with van der Waals surface area (Å²) in [4.78, 5) is 42.6. The summed E-state index contributed by atoms with van der Waals surface area (Å²) in [7, 11) is 0. The second kappa shape index (κ2) is 9.76. The van der Waals surface area contributed by atoms with E-state index in [1.54, 1.807) is 37.8 Å². The highest BCUT2D eigenvalue weighted by atomic mass is 19.1. The Kier molecular flexibility index (Phi) is 7.09. The molecule has 0 spiro atoms. The lowest BCUT2D eigenvalue weighted by Crippen LogP contribution is -2.45.